The Morgan fingerprint density at radius 3 is 1.90 bits per heavy atom. The Kier molecular flexibility index (Phi) is 30.6. The van der Waals surface area contributed by atoms with Crippen LogP contribution in [0.1, 0.15) is 139 Å². The van der Waals surface area contributed by atoms with Gasteiger partial charge in [0, 0.05) is 45.4 Å². The van der Waals surface area contributed by atoms with Crippen LogP contribution in [0.3, 0.4) is 0 Å². The molecule has 2 rings (SSSR count). The molecule has 0 aromatic rings. The number of amides is 8. The number of carboxylic acids is 2. The zero-order valence-corrected chi connectivity index (χ0v) is 50.5. The number of Topliss-reactive ketones (excluding diaryl/α,β-unsaturated/α-hetero) is 2. The Balaban J connectivity index is 3.19. The maximum absolute atomic E-state index is 15.2. The third kappa shape index (κ3) is 21.5. The molecule has 0 aromatic heterocycles. The van der Waals surface area contributed by atoms with Crippen molar-refractivity contribution in [1.82, 2.24) is 36.4 Å². The first-order valence-corrected chi connectivity index (χ1v) is 29.0. The van der Waals surface area contributed by atoms with Crippen molar-refractivity contribution in [2.45, 2.75) is 200 Å². The van der Waals surface area contributed by atoms with Gasteiger partial charge in [0.05, 0.1) is 36.4 Å². The van der Waals surface area contributed by atoms with E-state index in [1.807, 2.05) is 0 Å². The van der Waals surface area contributed by atoms with Gasteiger partial charge in [-0.1, -0.05) is 48.5 Å². The first-order chi connectivity index (χ1) is 39.2. The molecule has 2 saturated heterocycles. The monoisotopic (exact) mass is 1190 g/mol. The molecule has 14 N–H and O–H groups in total. The summed E-state index contributed by atoms with van der Waals surface area (Å²) < 4.78 is 11.9. The average Bonchev–Trinajstić information content (AvgIpc) is 3.55. The minimum Gasteiger partial charge on any atom is -0.481 e. The van der Waals surface area contributed by atoms with Gasteiger partial charge in [0.15, 0.2) is 11.6 Å². The van der Waals surface area contributed by atoms with Gasteiger partial charge < -0.3 is 78.4 Å². The van der Waals surface area contributed by atoms with Crippen LogP contribution in [0.15, 0.2) is 0 Å². The number of aliphatic carboxylic acids is 2. The van der Waals surface area contributed by atoms with E-state index in [1.54, 1.807) is 41.5 Å². The Labute approximate surface area is 491 Å². The highest BCUT2D eigenvalue weighted by Crippen LogP contribution is 2.31. The fourth-order valence-corrected chi connectivity index (χ4v) is 10.6. The second-order valence-electron chi connectivity index (χ2n) is 23.0. The van der Waals surface area contributed by atoms with Crippen LogP contribution in [0.4, 0.5) is 0 Å². The van der Waals surface area contributed by atoms with Gasteiger partial charge in [0.25, 0.3) is 0 Å². The minimum atomic E-state index is -2.02. The lowest BCUT2D eigenvalue weighted by molar-refractivity contribution is -0.170. The molecule has 28 heteroatoms. The highest BCUT2D eigenvalue weighted by atomic mass is 16.5. The van der Waals surface area contributed by atoms with Gasteiger partial charge in [-0.15, -0.1) is 0 Å². The van der Waals surface area contributed by atoms with Crippen LogP contribution < -0.4 is 43.8 Å². The summed E-state index contributed by atoms with van der Waals surface area (Å²) in [7, 11) is 2.59. The molecule has 2 heterocycles. The van der Waals surface area contributed by atoms with Gasteiger partial charge in [0.1, 0.15) is 42.4 Å². The number of likely N-dealkylation sites (N-methyl/N-ethyl adjacent to an activating group) is 2. The summed E-state index contributed by atoms with van der Waals surface area (Å²) >= 11 is 0. The summed E-state index contributed by atoms with van der Waals surface area (Å²) in [5.74, 6) is -21.2. The van der Waals surface area contributed by atoms with Crippen molar-refractivity contribution in [3.63, 3.8) is 0 Å². The number of piperidine rings is 1. The fourth-order valence-electron chi connectivity index (χ4n) is 10.6. The van der Waals surface area contributed by atoms with Crippen molar-refractivity contribution in [3.8, 4) is 0 Å². The number of nitrogens with zero attached hydrogens (tertiary/aromatic N) is 2. The number of ketones is 2. The third-order valence-corrected chi connectivity index (χ3v) is 16.0. The number of hydrogen-bond acceptors (Lipinski definition) is 18. The summed E-state index contributed by atoms with van der Waals surface area (Å²) in [5.41, 5.74) is 17.2. The molecule has 2 aliphatic rings. The van der Waals surface area contributed by atoms with Crippen LogP contribution in [-0.2, 0) is 71.8 Å². The highest BCUT2D eigenvalue weighted by molar-refractivity contribution is 6.00. The molecule has 476 valence electrons. The van der Waals surface area contributed by atoms with E-state index in [0.29, 0.717) is 12.8 Å². The van der Waals surface area contributed by atoms with Crippen molar-refractivity contribution in [1.29, 1.82) is 0 Å². The number of fused-ring (bicyclic) bond motifs is 1. The molecular weight excluding hydrogens is 1100 g/mol. The first kappa shape index (κ1) is 73.5. The number of nitrogens with one attached hydrogen (secondary N) is 5. The Morgan fingerprint density at radius 1 is 0.762 bits per heavy atom. The molecule has 15 unspecified atom stereocenters. The molecule has 2 fully saturated rings. The van der Waals surface area contributed by atoms with E-state index in [9.17, 15) is 72.9 Å². The van der Waals surface area contributed by atoms with Crippen LogP contribution in [0.5, 0.6) is 0 Å². The normalized spacial score (nSPS) is 26.4. The van der Waals surface area contributed by atoms with Crippen molar-refractivity contribution in [3.05, 3.63) is 0 Å². The van der Waals surface area contributed by atoms with Crippen molar-refractivity contribution >= 4 is 76.7 Å². The average molecular weight is 1200 g/mol. The smallest absolute Gasteiger partial charge is 0.329 e. The number of aliphatic hydroxyl groups excluding tert-OH is 1. The molecule has 0 spiro atoms. The number of carbonyl (C=O) groups is 13. The number of rotatable bonds is 25. The van der Waals surface area contributed by atoms with Gasteiger partial charge in [-0.3, -0.25) is 57.5 Å². The van der Waals surface area contributed by atoms with E-state index < -0.39 is 205 Å². The van der Waals surface area contributed by atoms with Crippen molar-refractivity contribution < 1.29 is 87.1 Å². The van der Waals surface area contributed by atoms with E-state index in [4.69, 9.17) is 26.7 Å². The quantitative estimate of drug-likeness (QED) is 0.0371. The van der Waals surface area contributed by atoms with Crippen LogP contribution in [-0.4, -0.2) is 196 Å². The topological polar surface area (TPSA) is 446 Å². The molecule has 84 heavy (non-hydrogen) atoms. The Hall–Kier alpha value is -6.65. The molecule has 0 aliphatic carbocycles. The molecular formula is C56H94N10O18. The van der Waals surface area contributed by atoms with Gasteiger partial charge in [-0.25, -0.2) is 4.79 Å². The number of aliphatic hydroxyl groups is 1. The number of esters is 1. The Bertz CT molecular complexity index is 2340. The van der Waals surface area contributed by atoms with Gasteiger partial charge in [-0.05, 0) is 102 Å². The zero-order valence-electron chi connectivity index (χ0n) is 50.5. The van der Waals surface area contributed by atoms with Crippen LogP contribution >= 0.6 is 0 Å². The van der Waals surface area contributed by atoms with E-state index in [1.165, 1.54) is 27.8 Å². The molecule has 0 bridgehead atoms. The van der Waals surface area contributed by atoms with Crippen LogP contribution in [0.2, 0.25) is 0 Å². The number of carboxylic acid groups (broad SMARTS) is 2. The van der Waals surface area contributed by atoms with Crippen molar-refractivity contribution in [2.24, 2.45) is 58.6 Å². The van der Waals surface area contributed by atoms with E-state index >= 15 is 4.79 Å². The second-order valence-corrected chi connectivity index (χ2v) is 23.0. The fraction of sp³-hybridized carbons (Fsp3) is 0.768. The van der Waals surface area contributed by atoms with E-state index in [0.717, 1.165) is 16.8 Å². The molecule has 0 saturated carbocycles. The lowest BCUT2D eigenvalue weighted by Gasteiger charge is -2.39. The minimum absolute atomic E-state index is 0.0985. The van der Waals surface area contributed by atoms with Gasteiger partial charge >= 0.3 is 17.9 Å². The maximum Gasteiger partial charge on any atom is 0.329 e. The van der Waals surface area contributed by atoms with Gasteiger partial charge in [0.2, 0.25) is 47.3 Å². The van der Waals surface area contributed by atoms with Crippen LogP contribution in [0.25, 0.3) is 0 Å². The first-order valence-electron chi connectivity index (χ1n) is 29.0. The number of ether oxygens (including phenoxy) is 2. The molecule has 0 radical (unpaired) electrons. The standard InChI is InChI=1S/C56H94N10O18/c1-12-83-47(49(59)75)34-24-40(68)38(19-20-42(70)71)65(11)54(80)36(23-27(2)3)63-52(78)35(17-13-15-21-57)61-53(79)45(32(9)67)64-51(77)33(25-41(69)44(60-10)30(7)31(8)48(58)74)46(29(6)28(4)5)84-56(82)39-18-14-16-22-66(39)55(81)37(26-43(72)73)62-50(34)76/h27-39,44-47,60,67H,12-26,57H2,1-11H3,(H2,58,74)(H2,59,75)(H,61,79)(H,62,76)(H,63,78)(H,64,77)(H,70,71)(H,72,73). The lowest BCUT2D eigenvalue weighted by Crippen LogP contribution is -2.60. The molecule has 15 atom stereocenters. The highest BCUT2D eigenvalue weighted by Gasteiger charge is 2.47. The summed E-state index contributed by atoms with van der Waals surface area (Å²) in [4.78, 5) is 185. The number of nitrogens with two attached hydrogens (primary N) is 3. The molecule has 0 aromatic carbocycles. The summed E-state index contributed by atoms with van der Waals surface area (Å²) in [5, 5.41) is 44.2. The predicted molar refractivity (Wildman–Crippen MR) is 302 cm³/mol. The molecule has 8 amide bonds. The van der Waals surface area contributed by atoms with E-state index in [2.05, 4.69) is 26.6 Å². The summed E-state index contributed by atoms with van der Waals surface area (Å²) in [6, 6.07) is -11.3. The molecule has 28 nitrogen and oxygen atoms in total. The lowest BCUT2D eigenvalue weighted by atomic mass is 9.78. The second kappa shape index (κ2) is 35.0. The maximum atomic E-state index is 15.2. The van der Waals surface area contributed by atoms with Crippen LogP contribution in [0, 0.1) is 41.4 Å². The largest absolute Gasteiger partial charge is 0.481 e. The zero-order chi connectivity index (χ0) is 64.0. The summed E-state index contributed by atoms with van der Waals surface area (Å²) in [6.07, 6.45) is -8.57. The number of cyclic esters (lactones) is 1. The number of hydrogen-bond donors (Lipinski definition) is 11. The summed E-state index contributed by atoms with van der Waals surface area (Å²) in [6.45, 7) is 13.9. The Morgan fingerprint density at radius 2 is 1.38 bits per heavy atom. The number of unbranched alkanes of at least 4 members (excludes halogenated alkanes) is 1. The number of primary amides is 2. The van der Waals surface area contributed by atoms with E-state index in [-0.39, 0.29) is 57.7 Å². The molecule has 2 aliphatic heterocycles. The number of carbonyl (C=O) groups excluding carboxylic acids is 11. The van der Waals surface area contributed by atoms with Crippen molar-refractivity contribution in [2.75, 3.05) is 33.8 Å². The predicted octanol–water partition coefficient (Wildman–Crippen LogP) is -1.37. The van der Waals surface area contributed by atoms with Gasteiger partial charge in [-0.2, -0.15) is 0 Å². The SMILES string of the molecule is CCOC(C(N)=O)C1CC(=O)C(CCC(=O)O)N(C)C(=O)C(CC(C)C)NC(=O)C(CCCCN)NC(=O)C(C(C)O)NC(=O)C(CC(=O)C(NC)C(C)C(C)C(N)=O)C(C(C)C(C)C)OC(=O)C2CCCCN2C(=O)C(CC(=O)O)NC1=O. The third-order valence-electron chi connectivity index (χ3n) is 16.0.